The molecule has 0 spiro atoms. The molecule has 0 saturated heterocycles. The molecule has 0 unspecified atom stereocenters. The second kappa shape index (κ2) is 8.16. The molecule has 0 bridgehead atoms. The molecular weight excluding hydrogens is 378 g/mol. The monoisotopic (exact) mass is 405 g/mol. The molecule has 10 nitrogen and oxygen atoms in total. The van der Waals surface area contributed by atoms with Crippen LogP contribution in [-0.2, 0) is 9.47 Å². The maximum Gasteiger partial charge on any atom is 0.425 e. The van der Waals surface area contributed by atoms with Gasteiger partial charge in [0.25, 0.3) is 0 Å². The Labute approximate surface area is 169 Å². The zero-order valence-electron chi connectivity index (χ0n) is 17.5. The van der Waals surface area contributed by atoms with Crippen molar-refractivity contribution in [3.8, 4) is 0 Å². The van der Waals surface area contributed by atoms with Gasteiger partial charge in [-0.15, -0.1) is 6.58 Å². The first-order valence-electron chi connectivity index (χ1n) is 9.05. The van der Waals surface area contributed by atoms with Crippen molar-refractivity contribution < 1.29 is 24.2 Å². The third-order valence-electron chi connectivity index (χ3n) is 3.52. The minimum Gasteiger partial charge on any atom is -0.443 e. The SMILES string of the molecule is C=C[C@@H](CO)n1cnc2c(N(C(=O)OC(C)(C)C)C(=O)OC(C)(C)C)ncnc21. The van der Waals surface area contributed by atoms with Crippen molar-refractivity contribution in [3.63, 3.8) is 0 Å². The normalized spacial score (nSPS) is 13.1. The Kier molecular flexibility index (Phi) is 6.27. The van der Waals surface area contributed by atoms with E-state index in [1.165, 1.54) is 18.7 Å². The lowest BCUT2D eigenvalue weighted by atomic mass is 10.2. The first kappa shape index (κ1) is 22.3. The van der Waals surface area contributed by atoms with Gasteiger partial charge in [-0.3, -0.25) is 0 Å². The number of anilines is 1. The second-order valence-corrected chi connectivity index (χ2v) is 8.30. The number of aliphatic hydroxyl groups is 1. The summed E-state index contributed by atoms with van der Waals surface area (Å²) in [6.45, 7) is 13.5. The smallest absolute Gasteiger partial charge is 0.425 e. The van der Waals surface area contributed by atoms with Gasteiger partial charge in [0.1, 0.15) is 17.5 Å². The summed E-state index contributed by atoms with van der Waals surface area (Å²) in [7, 11) is 0. The first-order chi connectivity index (χ1) is 13.4. The summed E-state index contributed by atoms with van der Waals surface area (Å²) in [5.74, 6) is -0.0852. The van der Waals surface area contributed by atoms with Gasteiger partial charge in [-0.25, -0.2) is 24.5 Å². The highest BCUT2D eigenvalue weighted by molar-refractivity contribution is 6.12. The van der Waals surface area contributed by atoms with Crippen molar-refractivity contribution in [2.75, 3.05) is 11.5 Å². The average molecular weight is 405 g/mol. The Morgan fingerprint density at radius 2 is 1.69 bits per heavy atom. The molecular formula is C19H27N5O5. The van der Waals surface area contributed by atoms with Crippen molar-refractivity contribution in [1.29, 1.82) is 0 Å². The van der Waals surface area contributed by atoms with Crippen molar-refractivity contribution in [1.82, 2.24) is 19.5 Å². The van der Waals surface area contributed by atoms with E-state index in [2.05, 4.69) is 21.5 Å². The van der Waals surface area contributed by atoms with Crippen LogP contribution in [0.3, 0.4) is 0 Å². The summed E-state index contributed by atoms with van der Waals surface area (Å²) in [4.78, 5) is 38.9. The number of hydrogen-bond donors (Lipinski definition) is 1. The van der Waals surface area contributed by atoms with Crippen LogP contribution in [0.15, 0.2) is 25.3 Å². The van der Waals surface area contributed by atoms with Crippen LogP contribution >= 0.6 is 0 Å². The molecule has 2 aromatic rings. The number of carbonyl (C=O) groups is 2. The number of fused-ring (bicyclic) bond motifs is 1. The van der Waals surface area contributed by atoms with Crippen molar-refractivity contribution >= 4 is 29.2 Å². The zero-order chi connectivity index (χ0) is 22.0. The third-order valence-corrected chi connectivity index (χ3v) is 3.52. The van der Waals surface area contributed by atoms with Crippen LogP contribution < -0.4 is 4.90 Å². The topological polar surface area (TPSA) is 120 Å². The fourth-order valence-corrected chi connectivity index (χ4v) is 2.38. The number of amides is 2. The lowest BCUT2D eigenvalue weighted by Gasteiger charge is -2.28. The highest BCUT2D eigenvalue weighted by atomic mass is 16.6. The van der Waals surface area contributed by atoms with E-state index in [4.69, 9.17) is 9.47 Å². The van der Waals surface area contributed by atoms with Gasteiger partial charge in [0.2, 0.25) is 0 Å². The number of rotatable bonds is 4. The molecule has 2 heterocycles. The van der Waals surface area contributed by atoms with Gasteiger partial charge in [0.05, 0.1) is 19.0 Å². The van der Waals surface area contributed by atoms with Crippen molar-refractivity contribution in [2.24, 2.45) is 0 Å². The molecule has 158 valence electrons. The quantitative estimate of drug-likeness (QED) is 0.770. The predicted molar refractivity (Wildman–Crippen MR) is 107 cm³/mol. The third kappa shape index (κ3) is 5.29. The highest BCUT2D eigenvalue weighted by Gasteiger charge is 2.35. The van der Waals surface area contributed by atoms with Crippen LogP contribution in [0.1, 0.15) is 47.6 Å². The summed E-state index contributed by atoms with van der Waals surface area (Å²) in [6, 6.07) is -0.487. The number of imidazole rings is 1. The molecule has 29 heavy (non-hydrogen) atoms. The van der Waals surface area contributed by atoms with Crippen LogP contribution in [0.25, 0.3) is 11.2 Å². The average Bonchev–Trinajstić information content (AvgIpc) is 2.98. The van der Waals surface area contributed by atoms with E-state index >= 15 is 0 Å². The van der Waals surface area contributed by atoms with E-state index in [1.807, 2.05) is 0 Å². The van der Waals surface area contributed by atoms with Crippen LogP contribution in [-0.4, -0.2) is 54.6 Å². The van der Waals surface area contributed by atoms with Gasteiger partial charge in [-0.05, 0) is 41.5 Å². The van der Waals surface area contributed by atoms with Crippen LogP contribution in [0, 0.1) is 0 Å². The summed E-state index contributed by atoms with van der Waals surface area (Å²) < 4.78 is 12.3. The highest BCUT2D eigenvalue weighted by Crippen LogP contribution is 2.27. The van der Waals surface area contributed by atoms with E-state index in [1.54, 1.807) is 46.1 Å². The number of aromatic nitrogens is 4. The number of carbonyl (C=O) groups excluding carboxylic acids is 2. The lowest BCUT2D eigenvalue weighted by molar-refractivity contribution is 0.0429. The molecule has 1 atom stereocenters. The summed E-state index contributed by atoms with van der Waals surface area (Å²) >= 11 is 0. The Morgan fingerprint density at radius 1 is 1.14 bits per heavy atom. The van der Waals surface area contributed by atoms with Gasteiger partial charge in [0.15, 0.2) is 17.0 Å². The fourth-order valence-electron chi connectivity index (χ4n) is 2.38. The molecule has 2 rings (SSSR count). The molecule has 0 fully saturated rings. The van der Waals surface area contributed by atoms with Gasteiger partial charge in [0, 0.05) is 0 Å². The Bertz CT molecular complexity index is 882. The molecule has 0 aliphatic carbocycles. The predicted octanol–water partition coefficient (Wildman–Crippen LogP) is 3.22. The number of nitrogens with zero attached hydrogens (tertiary/aromatic N) is 5. The molecule has 0 aliphatic heterocycles. The molecule has 2 aromatic heterocycles. The molecule has 10 heteroatoms. The van der Waals surface area contributed by atoms with Crippen molar-refractivity contribution in [2.45, 2.75) is 58.8 Å². The fraction of sp³-hybridized carbons (Fsp3) is 0.526. The second-order valence-electron chi connectivity index (χ2n) is 8.30. The van der Waals surface area contributed by atoms with E-state index in [0.717, 1.165) is 0 Å². The molecule has 0 saturated carbocycles. The summed E-state index contributed by atoms with van der Waals surface area (Å²) in [5, 5.41) is 9.55. The van der Waals surface area contributed by atoms with Crippen LogP contribution in [0.5, 0.6) is 0 Å². The standard InChI is InChI=1S/C19H27N5O5/c1-8-12(9-25)23-11-22-13-14(23)20-10-21-15(13)24(16(26)28-18(2,3)4)17(27)29-19(5,6)7/h8,10-12,25H,1,9H2,2-7H3/t12-/m0/s1. The maximum absolute atomic E-state index is 12.8. The van der Waals surface area contributed by atoms with E-state index in [9.17, 15) is 14.7 Å². The van der Waals surface area contributed by atoms with Gasteiger partial charge < -0.3 is 19.1 Å². The van der Waals surface area contributed by atoms with Crippen LogP contribution in [0.4, 0.5) is 15.4 Å². The molecule has 0 aromatic carbocycles. The Morgan fingerprint density at radius 3 is 2.14 bits per heavy atom. The van der Waals surface area contributed by atoms with Crippen molar-refractivity contribution in [3.05, 3.63) is 25.3 Å². The zero-order valence-corrected chi connectivity index (χ0v) is 17.5. The molecule has 0 aliphatic rings. The lowest BCUT2D eigenvalue weighted by Crippen LogP contribution is -2.44. The van der Waals surface area contributed by atoms with Gasteiger partial charge >= 0.3 is 12.2 Å². The summed E-state index contributed by atoms with van der Waals surface area (Å²) in [5.41, 5.74) is -1.22. The van der Waals surface area contributed by atoms with E-state index in [0.29, 0.717) is 10.5 Å². The molecule has 0 radical (unpaired) electrons. The van der Waals surface area contributed by atoms with E-state index < -0.39 is 29.4 Å². The Hall–Kier alpha value is -3.01. The molecule has 2 amide bonds. The summed E-state index contributed by atoms with van der Waals surface area (Å²) in [6.07, 6.45) is 2.23. The Balaban J connectivity index is 2.61. The molecule has 1 N–H and O–H groups in total. The minimum absolute atomic E-state index is 0.0852. The number of imide groups is 1. The van der Waals surface area contributed by atoms with E-state index in [-0.39, 0.29) is 17.9 Å². The first-order valence-corrected chi connectivity index (χ1v) is 9.05. The number of ether oxygens (including phenoxy) is 2. The minimum atomic E-state index is -0.955. The number of hydrogen-bond acceptors (Lipinski definition) is 8. The largest absolute Gasteiger partial charge is 0.443 e. The van der Waals surface area contributed by atoms with Crippen LogP contribution in [0.2, 0.25) is 0 Å². The van der Waals surface area contributed by atoms with Gasteiger partial charge in [-0.1, -0.05) is 6.08 Å². The number of aliphatic hydroxyl groups excluding tert-OH is 1. The van der Waals surface area contributed by atoms with Gasteiger partial charge in [-0.2, -0.15) is 4.90 Å². The maximum atomic E-state index is 12.8.